The number of aromatic nitrogens is 2. The number of alkyl halides is 3. The van der Waals surface area contributed by atoms with Crippen molar-refractivity contribution in [1.82, 2.24) is 10.2 Å². The van der Waals surface area contributed by atoms with E-state index in [0.717, 1.165) is 30.2 Å². The molecule has 0 aliphatic heterocycles. The minimum atomic E-state index is -4.40. The molecule has 126 valence electrons. The zero-order chi connectivity index (χ0) is 17.3. The average Bonchev–Trinajstić information content (AvgIpc) is 2.85. The second-order valence-electron chi connectivity index (χ2n) is 7.72. The van der Waals surface area contributed by atoms with Gasteiger partial charge in [0.1, 0.15) is 0 Å². The van der Waals surface area contributed by atoms with Crippen LogP contribution in [0.15, 0.2) is 30.3 Å². The number of hydrogen-bond acceptors (Lipinski definition) is 2. The molecule has 2 bridgehead atoms. The quantitative estimate of drug-likeness (QED) is 0.705. The molecule has 1 saturated carbocycles. The van der Waals surface area contributed by atoms with E-state index in [0.29, 0.717) is 11.6 Å². The lowest BCUT2D eigenvalue weighted by Gasteiger charge is -2.33. The molecule has 2 aromatic rings. The van der Waals surface area contributed by atoms with Crippen LogP contribution in [0.2, 0.25) is 0 Å². The summed E-state index contributed by atoms with van der Waals surface area (Å²) in [5.41, 5.74) is 1.83. The van der Waals surface area contributed by atoms with Crippen molar-refractivity contribution < 1.29 is 13.2 Å². The SMILES string of the molecule is CC1(C)[C@H]2CC[C@]1(C)c1nnc(-c3ccccc3C(F)(F)F)cc12. The van der Waals surface area contributed by atoms with Crippen molar-refractivity contribution in [2.45, 2.75) is 51.1 Å². The maximum Gasteiger partial charge on any atom is 0.417 e. The fraction of sp³-hybridized carbons (Fsp3) is 0.474. The Morgan fingerprint density at radius 3 is 2.50 bits per heavy atom. The molecule has 24 heavy (non-hydrogen) atoms. The molecule has 0 amide bonds. The van der Waals surface area contributed by atoms with E-state index in [1.54, 1.807) is 6.07 Å². The van der Waals surface area contributed by atoms with E-state index in [4.69, 9.17) is 0 Å². The summed E-state index contributed by atoms with van der Waals surface area (Å²) < 4.78 is 39.9. The first-order chi connectivity index (χ1) is 11.2. The van der Waals surface area contributed by atoms with Gasteiger partial charge in [0.2, 0.25) is 0 Å². The second kappa shape index (κ2) is 4.58. The minimum absolute atomic E-state index is 0.0396. The van der Waals surface area contributed by atoms with Crippen molar-refractivity contribution in [3.8, 4) is 11.3 Å². The third-order valence-electron chi connectivity index (χ3n) is 6.46. The fourth-order valence-corrected chi connectivity index (χ4v) is 4.65. The molecule has 0 spiro atoms. The molecular formula is C19H19F3N2. The van der Waals surface area contributed by atoms with Gasteiger partial charge in [-0.1, -0.05) is 39.0 Å². The van der Waals surface area contributed by atoms with E-state index in [9.17, 15) is 13.2 Å². The number of benzene rings is 1. The number of hydrogen-bond donors (Lipinski definition) is 0. The van der Waals surface area contributed by atoms with Crippen molar-refractivity contribution in [3.05, 3.63) is 47.2 Å². The summed E-state index contributed by atoms with van der Waals surface area (Å²) in [6.07, 6.45) is -2.28. The van der Waals surface area contributed by atoms with Gasteiger partial charge in [0.05, 0.1) is 17.0 Å². The third-order valence-corrected chi connectivity index (χ3v) is 6.46. The fourth-order valence-electron chi connectivity index (χ4n) is 4.65. The van der Waals surface area contributed by atoms with Crippen LogP contribution in [-0.4, -0.2) is 10.2 Å². The van der Waals surface area contributed by atoms with Crippen LogP contribution in [0, 0.1) is 5.41 Å². The molecule has 1 heterocycles. The highest BCUT2D eigenvalue weighted by atomic mass is 19.4. The average molecular weight is 332 g/mol. The van der Waals surface area contributed by atoms with Gasteiger partial charge in [-0.3, -0.25) is 0 Å². The summed E-state index contributed by atoms with van der Waals surface area (Å²) in [5.74, 6) is 0.338. The minimum Gasteiger partial charge on any atom is -0.166 e. The zero-order valence-corrected chi connectivity index (χ0v) is 13.9. The largest absolute Gasteiger partial charge is 0.417 e. The first-order valence-electron chi connectivity index (χ1n) is 8.21. The number of halogens is 3. The Balaban J connectivity index is 1.88. The van der Waals surface area contributed by atoms with Gasteiger partial charge in [-0.25, -0.2) is 0 Å². The van der Waals surface area contributed by atoms with Crippen molar-refractivity contribution >= 4 is 0 Å². The number of fused-ring (bicyclic) bond motifs is 5. The van der Waals surface area contributed by atoms with Gasteiger partial charge in [-0.15, -0.1) is 0 Å². The van der Waals surface area contributed by atoms with Gasteiger partial charge in [0.25, 0.3) is 0 Å². The molecule has 4 rings (SSSR count). The second-order valence-corrected chi connectivity index (χ2v) is 7.72. The van der Waals surface area contributed by atoms with Crippen LogP contribution >= 0.6 is 0 Å². The number of nitrogens with zero attached hydrogens (tertiary/aromatic N) is 2. The molecule has 2 aliphatic rings. The Morgan fingerprint density at radius 1 is 1.08 bits per heavy atom. The predicted molar refractivity (Wildman–Crippen MR) is 85.6 cm³/mol. The van der Waals surface area contributed by atoms with E-state index in [-0.39, 0.29) is 16.4 Å². The summed E-state index contributed by atoms with van der Waals surface area (Å²) in [7, 11) is 0. The Bertz CT molecular complexity index is 826. The van der Waals surface area contributed by atoms with Crippen LogP contribution in [0.25, 0.3) is 11.3 Å². The van der Waals surface area contributed by atoms with E-state index in [2.05, 4.69) is 31.0 Å². The van der Waals surface area contributed by atoms with Crippen molar-refractivity contribution in [2.75, 3.05) is 0 Å². The molecule has 2 nitrogen and oxygen atoms in total. The topological polar surface area (TPSA) is 25.8 Å². The molecule has 0 N–H and O–H groups in total. The Morgan fingerprint density at radius 2 is 1.79 bits per heavy atom. The highest BCUT2D eigenvalue weighted by Gasteiger charge is 2.60. The predicted octanol–water partition coefficient (Wildman–Crippen LogP) is 5.34. The lowest BCUT2D eigenvalue weighted by Crippen LogP contribution is -2.32. The third kappa shape index (κ3) is 1.84. The van der Waals surface area contributed by atoms with Gasteiger partial charge in [-0.05, 0) is 41.9 Å². The molecule has 5 heteroatoms. The maximum atomic E-state index is 13.3. The molecule has 2 atom stereocenters. The summed E-state index contributed by atoms with van der Waals surface area (Å²) >= 11 is 0. The smallest absolute Gasteiger partial charge is 0.166 e. The van der Waals surface area contributed by atoms with Crippen LogP contribution in [0.1, 0.15) is 56.4 Å². The van der Waals surface area contributed by atoms with Crippen LogP contribution in [0.5, 0.6) is 0 Å². The number of rotatable bonds is 1. The van der Waals surface area contributed by atoms with Gasteiger partial charge >= 0.3 is 6.18 Å². The molecular weight excluding hydrogens is 313 g/mol. The van der Waals surface area contributed by atoms with Crippen molar-refractivity contribution in [2.24, 2.45) is 5.41 Å². The molecule has 1 aromatic carbocycles. The van der Waals surface area contributed by atoms with Crippen LogP contribution in [0.4, 0.5) is 13.2 Å². The van der Waals surface area contributed by atoms with Crippen LogP contribution in [-0.2, 0) is 11.6 Å². The highest BCUT2D eigenvalue weighted by molar-refractivity contribution is 5.66. The normalized spacial score (nSPS) is 27.3. The van der Waals surface area contributed by atoms with Crippen molar-refractivity contribution in [1.29, 1.82) is 0 Å². The van der Waals surface area contributed by atoms with E-state index >= 15 is 0 Å². The van der Waals surface area contributed by atoms with Gasteiger partial charge in [0.15, 0.2) is 0 Å². The Hall–Kier alpha value is -1.91. The monoisotopic (exact) mass is 332 g/mol. The lowest BCUT2D eigenvalue weighted by molar-refractivity contribution is -0.137. The Labute approximate surface area is 139 Å². The summed E-state index contributed by atoms with van der Waals surface area (Å²) in [5, 5.41) is 8.57. The summed E-state index contributed by atoms with van der Waals surface area (Å²) in [4.78, 5) is 0. The first kappa shape index (κ1) is 15.6. The van der Waals surface area contributed by atoms with Gasteiger partial charge in [-0.2, -0.15) is 23.4 Å². The van der Waals surface area contributed by atoms with Crippen molar-refractivity contribution in [3.63, 3.8) is 0 Å². The zero-order valence-electron chi connectivity index (χ0n) is 13.9. The molecule has 0 radical (unpaired) electrons. The standard InChI is InChI=1S/C19H19F3N2/c1-17(2)13-8-9-18(17,3)16-12(13)10-15(23-24-16)11-6-4-5-7-14(11)19(20,21)22/h4-7,10,13H,8-9H2,1-3H3/t13-,18+/m0/s1. The molecule has 1 fully saturated rings. The van der Waals surface area contributed by atoms with Gasteiger partial charge in [0, 0.05) is 11.0 Å². The molecule has 1 aromatic heterocycles. The van der Waals surface area contributed by atoms with Crippen LogP contribution < -0.4 is 0 Å². The van der Waals surface area contributed by atoms with E-state index in [1.807, 2.05) is 6.07 Å². The highest BCUT2D eigenvalue weighted by Crippen LogP contribution is 2.67. The van der Waals surface area contributed by atoms with E-state index in [1.165, 1.54) is 12.1 Å². The summed E-state index contributed by atoms with van der Waals surface area (Å²) in [6.45, 7) is 6.67. The van der Waals surface area contributed by atoms with E-state index < -0.39 is 11.7 Å². The Kier molecular flexibility index (Phi) is 2.98. The first-order valence-corrected chi connectivity index (χ1v) is 8.21. The molecule has 2 aliphatic carbocycles. The van der Waals surface area contributed by atoms with Crippen LogP contribution in [0.3, 0.4) is 0 Å². The molecule has 0 unspecified atom stereocenters. The van der Waals surface area contributed by atoms with Gasteiger partial charge < -0.3 is 0 Å². The molecule has 0 saturated heterocycles. The lowest BCUT2D eigenvalue weighted by atomic mass is 9.70. The summed E-state index contributed by atoms with van der Waals surface area (Å²) in [6, 6.07) is 7.42. The maximum absolute atomic E-state index is 13.3.